The Morgan fingerprint density at radius 2 is 1.85 bits per heavy atom. The average molecular weight is 478 g/mol. The molecule has 0 spiro atoms. The average Bonchev–Trinajstić information content (AvgIpc) is 3.35. The van der Waals surface area contributed by atoms with E-state index >= 15 is 0 Å². The summed E-state index contributed by atoms with van der Waals surface area (Å²) in [5.74, 6) is 0.784. The molecule has 170 valence electrons. The lowest BCUT2D eigenvalue weighted by atomic mass is 10.1. The van der Waals surface area contributed by atoms with Gasteiger partial charge >= 0.3 is 0 Å². The zero-order chi connectivity index (χ0) is 23.4. The van der Waals surface area contributed by atoms with Gasteiger partial charge in [-0.2, -0.15) is 5.10 Å². The van der Waals surface area contributed by atoms with Gasteiger partial charge < -0.3 is 4.74 Å². The van der Waals surface area contributed by atoms with Gasteiger partial charge in [-0.05, 0) is 62.7 Å². The van der Waals surface area contributed by atoms with E-state index in [0.717, 1.165) is 41.1 Å². The van der Waals surface area contributed by atoms with Crippen molar-refractivity contribution in [2.24, 2.45) is 0 Å². The van der Waals surface area contributed by atoms with Crippen molar-refractivity contribution in [3.8, 4) is 22.7 Å². The number of thioether (sulfide) groups is 1. The SMILES string of the molecule is CCCCOc1ccc(-c2nn(-c3ccccc3)cc2/C=C2/SC(=S)N(C(C)C)C2=O)cc1. The highest BCUT2D eigenvalue weighted by Gasteiger charge is 2.34. The van der Waals surface area contributed by atoms with Crippen LogP contribution in [0.1, 0.15) is 39.2 Å². The first-order valence-corrected chi connectivity index (χ1v) is 12.4. The largest absolute Gasteiger partial charge is 0.494 e. The maximum Gasteiger partial charge on any atom is 0.266 e. The van der Waals surface area contributed by atoms with Crippen LogP contribution in [-0.2, 0) is 4.79 Å². The van der Waals surface area contributed by atoms with E-state index in [2.05, 4.69) is 6.92 Å². The Kier molecular flexibility index (Phi) is 7.30. The number of para-hydroxylation sites is 1. The monoisotopic (exact) mass is 477 g/mol. The lowest BCUT2D eigenvalue weighted by Gasteiger charge is -2.18. The molecule has 1 aromatic heterocycles. The van der Waals surface area contributed by atoms with Gasteiger partial charge in [0.1, 0.15) is 10.1 Å². The molecule has 0 unspecified atom stereocenters. The van der Waals surface area contributed by atoms with Crippen molar-refractivity contribution >= 4 is 40.3 Å². The number of carbonyl (C=O) groups excluding carboxylic acids is 1. The highest BCUT2D eigenvalue weighted by molar-refractivity contribution is 8.26. The molecule has 0 saturated carbocycles. The maximum atomic E-state index is 13.0. The number of aromatic nitrogens is 2. The van der Waals surface area contributed by atoms with Gasteiger partial charge in [-0.15, -0.1) is 0 Å². The van der Waals surface area contributed by atoms with E-state index in [4.69, 9.17) is 22.1 Å². The standard InChI is InChI=1S/C26H27N3O2S2/c1-4-5-15-31-22-13-11-19(12-14-22)24-20(17-28(27-24)21-9-7-6-8-10-21)16-23-25(30)29(18(2)3)26(32)33-23/h6-14,16-18H,4-5,15H2,1-3H3/b23-16+. The number of benzene rings is 2. The second-order valence-corrected chi connectivity index (χ2v) is 9.76. The first-order valence-electron chi connectivity index (χ1n) is 11.1. The third-order valence-electron chi connectivity index (χ3n) is 5.28. The molecule has 0 N–H and O–H groups in total. The van der Waals surface area contributed by atoms with Crippen LogP contribution in [0.2, 0.25) is 0 Å². The summed E-state index contributed by atoms with van der Waals surface area (Å²) in [5.41, 5.74) is 3.57. The quantitative estimate of drug-likeness (QED) is 0.216. The predicted molar refractivity (Wildman–Crippen MR) is 140 cm³/mol. The molecule has 1 fully saturated rings. The number of thiocarbonyl (C=S) groups is 1. The van der Waals surface area contributed by atoms with E-state index in [9.17, 15) is 4.79 Å². The van der Waals surface area contributed by atoms with E-state index in [1.807, 2.05) is 85.4 Å². The summed E-state index contributed by atoms with van der Waals surface area (Å²) in [5, 5.41) is 4.86. The first-order chi connectivity index (χ1) is 16.0. The molecule has 33 heavy (non-hydrogen) atoms. The van der Waals surface area contributed by atoms with Crippen LogP contribution in [0.4, 0.5) is 0 Å². The molecule has 3 aromatic rings. The van der Waals surface area contributed by atoms with E-state index in [1.54, 1.807) is 4.90 Å². The Hall–Kier alpha value is -2.90. The fourth-order valence-corrected chi connectivity index (χ4v) is 5.05. The summed E-state index contributed by atoms with van der Waals surface area (Å²) in [6, 6.07) is 17.9. The minimum atomic E-state index is -0.0573. The summed E-state index contributed by atoms with van der Waals surface area (Å²) in [6.45, 7) is 6.79. The number of unbranched alkanes of at least 4 members (excludes halogenated alkanes) is 1. The van der Waals surface area contributed by atoms with Gasteiger partial charge in [-0.25, -0.2) is 4.68 Å². The number of nitrogens with zero attached hydrogens (tertiary/aromatic N) is 3. The third-order valence-corrected chi connectivity index (χ3v) is 6.61. The molecule has 0 atom stereocenters. The molecule has 7 heteroatoms. The van der Waals surface area contributed by atoms with Crippen LogP contribution < -0.4 is 4.74 Å². The zero-order valence-corrected chi connectivity index (χ0v) is 20.7. The summed E-state index contributed by atoms with van der Waals surface area (Å²) < 4.78 is 8.24. The Morgan fingerprint density at radius 1 is 1.12 bits per heavy atom. The van der Waals surface area contributed by atoms with Crippen LogP contribution in [0.3, 0.4) is 0 Å². The molecule has 2 heterocycles. The number of amides is 1. The molecule has 2 aromatic carbocycles. The Morgan fingerprint density at radius 3 is 2.48 bits per heavy atom. The van der Waals surface area contributed by atoms with Gasteiger partial charge in [0.2, 0.25) is 0 Å². The van der Waals surface area contributed by atoms with Crippen molar-refractivity contribution in [3.05, 3.63) is 71.3 Å². The van der Waals surface area contributed by atoms with Crippen LogP contribution in [0.15, 0.2) is 65.7 Å². The molecule has 4 rings (SSSR count). The first kappa shape index (κ1) is 23.3. The molecule has 1 amide bonds. The molecule has 0 bridgehead atoms. The smallest absolute Gasteiger partial charge is 0.266 e. The minimum absolute atomic E-state index is 0.0233. The maximum absolute atomic E-state index is 13.0. The fourth-order valence-electron chi connectivity index (χ4n) is 3.54. The highest BCUT2D eigenvalue weighted by atomic mass is 32.2. The molecule has 1 saturated heterocycles. The van der Waals surface area contributed by atoms with Crippen LogP contribution in [0, 0.1) is 0 Å². The minimum Gasteiger partial charge on any atom is -0.494 e. The molecule has 0 radical (unpaired) electrons. The van der Waals surface area contributed by atoms with Gasteiger partial charge in [0.15, 0.2) is 0 Å². The third kappa shape index (κ3) is 5.20. The van der Waals surface area contributed by atoms with Gasteiger partial charge in [-0.3, -0.25) is 9.69 Å². The van der Waals surface area contributed by atoms with Crippen molar-refractivity contribution in [1.82, 2.24) is 14.7 Å². The van der Waals surface area contributed by atoms with Gasteiger partial charge in [-0.1, -0.05) is 55.5 Å². The molecule has 1 aliphatic rings. The Bertz CT molecular complexity index is 1170. The summed E-state index contributed by atoms with van der Waals surface area (Å²) in [6.07, 6.45) is 5.98. The van der Waals surface area contributed by atoms with Crippen molar-refractivity contribution in [1.29, 1.82) is 0 Å². The van der Waals surface area contributed by atoms with Crippen LogP contribution in [-0.4, -0.2) is 37.6 Å². The highest BCUT2D eigenvalue weighted by Crippen LogP contribution is 2.36. The number of hydrogen-bond donors (Lipinski definition) is 0. The van der Waals surface area contributed by atoms with E-state index < -0.39 is 0 Å². The second kappa shape index (κ2) is 10.4. The predicted octanol–water partition coefficient (Wildman–Crippen LogP) is 6.33. The molecular formula is C26H27N3O2S2. The van der Waals surface area contributed by atoms with E-state index in [-0.39, 0.29) is 11.9 Å². The van der Waals surface area contributed by atoms with Crippen molar-refractivity contribution < 1.29 is 9.53 Å². The van der Waals surface area contributed by atoms with Crippen molar-refractivity contribution in [2.75, 3.05) is 6.61 Å². The number of ether oxygens (including phenoxy) is 1. The second-order valence-electron chi connectivity index (χ2n) is 8.09. The van der Waals surface area contributed by atoms with E-state index in [0.29, 0.717) is 15.8 Å². The zero-order valence-electron chi connectivity index (χ0n) is 19.0. The lowest BCUT2D eigenvalue weighted by molar-refractivity contribution is -0.123. The lowest BCUT2D eigenvalue weighted by Crippen LogP contribution is -2.34. The molecule has 1 aliphatic heterocycles. The van der Waals surface area contributed by atoms with Crippen molar-refractivity contribution in [2.45, 2.75) is 39.7 Å². The van der Waals surface area contributed by atoms with Crippen LogP contribution in [0.5, 0.6) is 5.75 Å². The Labute approximate surface area is 204 Å². The van der Waals surface area contributed by atoms with Crippen molar-refractivity contribution in [3.63, 3.8) is 0 Å². The summed E-state index contributed by atoms with van der Waals surface area (Å²) in [7, 11) is 0. The van der Waals surface area contributed by atoms with Gasteiger partial charge in [0, 0.05) is 23.4 Å². The Balaban J connectivity index is 1.71. The molecular weight excluding hydrogens is 450 g/mol. The normalized spacial score (nSPS) is 15.2. The van der Waals surface area contributed by atoms with Crippen LogP contribution >= 0.6 is 24.0 Å². The summed E-state index contributed by atoms with van der Waals surface area (Å²) in [4.78, 5) is 15.2. The van der Waals surface area contributed by atoms with E-state index in [1.165, 1.54) is 11.8 Å². The molecule has 5 nitrogen and oxygen atoms in total. The summed E-state index contributed by atoms with van der Waals surface area (Å²) >= 11 is 6.78. The molecule has 0 aliphatic carbocycles. The van der Waals surface area contributed by atoms with Gasteiger partial charge in [0.25, 0.3) is 5.91 Å². The van der Waals surface area contributed by atoms with Gasteiger partial charge in [0.05, 0.1) is 22.9 Å². The fraction of sp³-hybridized carbons (Fsp3) is 0.269. The number of carbonyl (C=O) groups is 1. The van der Waals surface area contributed by atoms with Crippen LogP contribution in [0.25, 0.3) is 23.0 Å². The number of hydrogen-bond acceptors (Lipinski definition) is 5. The topological polar surface area (TPSA) is 47.4 Å². The number of rotatable bonds is 8.